The van der Waals surface area contributed by atoms with Crippen LogP contribution < -0.4 is 16.4 Å². The molecule has 0 fully saturated rings. The van der Waals surface area contributed by atoms with Crippen molar-refractivity contribution in [1.29, 1.82) is 0 Å². The first kappa shape index (κ1) is 17.4. The van der Waals surface area contributed by atoms with Gasteiger partial charge in [0.25, 0.3) is 0 Å². The van der Waals surface area contributed by atoms with E-state index in [1.165, 1.54) is 0 Å². The molecule has 0 bridgehead atoms. The Labute approximate surface area is 150 Å². The summed E-state index contributed by atoms with van der Waals surface area (Å²) in [6, 6.07) is 17.9. The average Bonchev–Trinajstić information content (AvgIpc) is 2.67. The van der Waals surface area contributed by atoms with Crippen LogP contribution in [-0.2, 0) is 0 Å². The molecule has 2 aromatic carbocycles. The van der Waals surface area contributed by atoms with Crippen molar-refractivity contribution in [3.8, 4) is 0 Å². The lowest BCUT2D eigenvalue weighted by Gasteiger charge is -2.13. The van der Waals surface area contributed by atoms with Crippen LogP contribution in [0.2, 0.25) is 0 Å². The highest BCUT2D eigenvalue weighted by Gasteiger charge is 2.08. The van der Waals surface area contributed by atoms with Crippen LogP contribution in [0, 0.1) is 0 Å². The Kier molecular flexibility index (Phi) is 5.40. The minimum Gasteiger partial charge on any atom is -0.387 e. The lowest BCUT2D eigenvalue weighted by molar-refractivity contribution is 0.100. The van der Waals surface area contributed by atoms with Gasteiger partial charge in [-0.15, -0.1) is 0 Å². The SMILES string of the molecule is NC(=O)c1cccc(Nc2nccc(NC[C@H](O)c3ccccc3)n2)c1. The molecule has 0 aliphatic rings. The number of primary amides is 1. The maximum Gasteiger partial charge on any atom is 0.248 e. The topological polar surface area (TPSA) is 113 Å². The standard InChI is InChI=1S/C19H19N5O2/c20-18(26)14-7-4-8-15(11-14)23-19-21-10-9-17(24-19)22-12-16(25)13-5-2-1-3-6-13/h1-11,16,25H,12H2,(H2,20,26)(H2,21,22,23,24)/t16-/m0/s1. The van der Waals surface area contributed by atoms with Crippen molar-refractivity contribution in [3.63, 3.8) is 0 Å². The molecule has 7 heteroatoms. The Balaban J connectivity index is 1.65. The first-order valence-electron chi connectivity index (χ1n) is 8.08. The third-order valence-corrected chi connectivity index (χ3v) is 3.72. The van der Waals surface area contributed by atoms with Crippen LogP contribution in [0.15, 0.2) is 66.9 Å². The van der Waals surface area contributed by atoms with Gasteiger partial charge in [-0.1, -0.05) is 36.4 Å². The number of amides is 1. The Morgan fingerprint density at radius 3 is 2.69 bits per heavy atom. The lowest BCUT2D eigenvalue weighted by atomic mass is 10.1. The number of hydrogen-bond acceptors (Lipinski definition) is 6. The van der Waals surface area contributed by atoms with Gasteiger partial charge < -0.3 is 21.5 Å². The molecule has 1 amide bonds. The molecule has 0 aliphatic carbocycles. The van der Waals surface area contributed by atoms with Crippen molar-refractivity contribution in [2.24, 2.45) is 5.73 Å². The molecule has 0 spiro atoms. The van der Waals surface area contributed by atoms with Gasteiger partial charge in [0, 0.05) is 24.0 Å². The lowest BCUT2D eigenvalue weighted by Crippen LogP contribution is -2.13. The van der Waals surface area contributed by atoms with Gasteiger partial charge in [0.1, 0.15) is 5.82 Å². The molecule has 1 heterocycles. The zero-order valence-electron chi connectivity index (χ0n) is 14.0. The van der Waals surface area contributed by atoms with E-state index in [0.717, 1.165) is 5.56 Å². The molecule has 3 rings (SSSR count). The highest BCUT2D eigenvalue weighted by molar-refractivity contribution is 5.93. The summed E-state index contributed by atoms with van der Waals surface area (Å²) < 4.78 is 0. The van der Waals surface area contributed by atoms with Crippen molar-refractivity contribution in [2.45, 2.75) is 6.10 Å². The largest absolute Gasteiger partial charge is 0.387 e. The summed E-state index contributed by atoms with van der Waals surface area (Å²) in [6.07, 6.45) is 0.958. The van der Waals surface area contributed by atoms with Gasteiger partial charge in [0.05, 0.1) is 6.10 Å². The van der Waals surface area contributed by atoms with E-state index in [1.54, 1.807) is 36.5 Å². The molecule has 0 saturated heterocycles. The van der Waals surface area contributed by atoms with Gasteiger partial charge in [-0.2, -0.15) is 4.98 Å². The zero-order valence-corrected chi connectivity index (χ0v) is 14.0. The number of nitrogens with one attached hydrogen (secondary N) is 2. The van der Waals surface area contributed by atoms with Gasteiger partial charge in [0.2, 0.25) is 11.9 Å². The summed E-state index contributed by atoms with van der Waals surface area (Å²) in [5.41, 5.74) is 7.17. The van der Waals surface area contributed by atoms with Crippen molar-refractivity contribution in [2.75, 3.05) is 17.2 Å². The molecule has 5 N–H and O–H groups in total. The molecular formula is C19H19N5O2. The number of hydrogen-bond donors (Lipinski definition) is 4. The molecule has 132 valence electrons. The van der Waals surface area contributed by atoms with Crippen molar-refractivity contribution < 1.29 is 9.90 Å². The molecule has 0 radical (unpaired) electrons. The second kappa shape index (κ2) is 8.09. The highest BCUT2D eigenvalue weighted by Crippen LogP contribution is 2.17. The van der Waals surface area contributed by atoms with Crippen LogP contribution >= 0.6 is 0 Å². The van der Waals surface area contributed by atoms with E-state index >= 15 is 0 Å². The first-order chi connectivity index (χ1) is 12.6. The second-order valence-electron chi connectivity index (χ2n) is 5.64. The van der Waals surface area contributed by atoms with E-state index in [0.29, 0.717) is 29.6 Å². The number of aromatic nitrogens is 2. The minimum absolute atomic E-state index is 0.317. The second-order valence-corrected chi connectivity index (χ2v) is 5.64. The average molecular weight is 349 g/mol. The fourth-order valence-electron chi connectivity index (χ4n) is 2.39. The number of rotatable bonds is 7. The van der Waals surface area contributed by atoms with Gasteiger partial charge in [-0.05, 0) is 29.8 Å². The van der Waals surface area contributed by atoms with E-state index in [1.807, 2.05) is 30.3 Å². The van der Waals surface area contributed by atoms with Crippen molar-refractivity contribution in [3.05, 3.63) is 78.0 Å². The van der Waals surface area contributed by atoms with Crippen LogP contribution in [0.5, 0.6) is 0 Å². The Morgan fingerprint density at radius 2 is 1.92 bits per heavy atom. The van der Waals surface area contributed by atoms with Gasteiger partial charge in [0.15, 0.2) is 0 Å². The number of carbonyl (C=O) groups is 1. The van der Waals surface area contributed by atoms with Crippen LogP contribution in [0.4, 0.5) is 17.5 Å². The fraction of sp³-hybridized carbons (Fsp3) is 0.105. The first-order valence-corrected chi connectivity index (χ1v) is 8.08. The fourth-order valence-corrected chi connectivity index (χ4v) is 2.39. The predicted octanol–water partition coefficient (Wildman–Crippen LogP) is 2.46. The molecule has 0 unspecified atom stereocenters. The monoisotopic (exact) mass is 349 g/mol. The number of benzene rings is 2. The van der Waals surface area contributed by atoms with Crippen LogP contribution in [-0.4, -0.2) is 27.5 Å². The smallest absolute Gasteiger partial charge is 0.248 e. The number of nitrogens with two attached hydrogens (primary N) is 1. The third-order valence-electron chi connectivity index (χ3n) is 3.72. The minimum atomic E-state index is -0.644. The number of aliphatic hydroxyl groups is 1. The molecule has 3 aromatic rings. The normalized spacial score (nSPS) is 11.6. The van der Waals surface area contributed by atoms with Gasteiger partial charge >= 0.3 is 0 Å². The molecule has 26 heavy (non-hydrogen) atoms. The molecule has 0 saturated carbocycles. The van der Waals surface area contributed by atoms with E-state index in [4.69, 9.17) is 5.73 Å². The van der Waals surface area contributed by atoms with E-state index in [-0.39, 0.29) is 0 Å². The maximum absolute atomic E-state index is 11.3. The summed E-state index contributed by atoms with van der Waals surface area (Å²) in [4.78, 5) is 19.8. The summed E-state index contributed by atoms with van der Waals surface area (Å²) in [5.74, 6) is 0.439. The summed E-state index contributed by atoms with van der Waals surface area (Å²) in [5, 5.41) is 16.3. The summed E-state index contributed by atoms with van der Waals surface area (Å²) in [6.45, 7) is 0.317. The molecule has 1 atom stereocenters. The summed E-state index contributed by atoms with van der Waals surface area (Å²) >= 11 is 0. The van der Waals surface area contributed by atoms with E-state index in [2.05, 4.69) is 20.6 Å². The molecule has 7 nitrogen and oxygen atoms in total. The third kappa shape index (κ3) is 4.55. The Bertz CT molecular complexity index is 886. The number of carbonyl (C=O) groups excluding carboxylic acids is 1. The zero-order chi connectivity index (χ0) is 18.4. The quantitative estimate of drug-likeness (QED) is 0.521. The Morgan fingerprint density at radius 1 is 1.12 bits per heavy atom. The van der Waals surface area contributed by atoms with Crippen LogP contribution in [0.1, 0.15) is 22.0 Å². The maximum atomic E-state index is 11.3. The van der Waals surface area contributed by atoms with Crippen LogP contribution in [0.3, 0.4) is 0 Å². The number of nitrogens with zero attached hydrogens (tertiary/aromatic N) is 2. The van der Waals surface area contributed by atoms with E-state index < -0.39 is 12.0 Å². The number of anilines is 3. The highest BCUT2D eigenvalue weighted by atomic mass is 16.3. The van der Waals surface area contributed by atoms with Crippen molar-refractivity contribution in [1.82, 2.24) is 9.97 Å². The predicted molar refractivity (Wildman–Crippen MR) is 100 cm³/mol. The van der Waals surface area contributed by atoms with Gasteiger partial charge in [-0.3, -0.25) is 4.79 Å². The molecule has 1 aromatic heterocycles. The number of aliphatic hydroxyl groups excluding tert-OH is 1. The summed E-state index contributed by atoms with van der Waals surface area (Å²) in [7, 11) is 0. The Hall–Kier alpha value is -3.45. The van der Waals surface area contributed by atoms with Crippen molar-refractivity contribution >= 4 is 23.4 Å². The van der Waals surface area contributed by atoms with E-state index in [9.17, 15) is 9.90 Å². The molecule has 0 aliphatic heterocycles. The van der Waals surface area contributed by atoms with Gasteiger partial charge in [-0.25, -0.2) is 4.98 Å². The van der Waals surface area contributed by atoms with Crippen LogP contribution in [0.25, 0.3) is 0 Å². The molecular weight excluding hydrogens is 330 g/mol.